The lowest BCUT2D eigenvalue weighted by molar-refractivity contribution is -0.676. The van der Waals surface area contributed by atoms with E-state index in [0.29, 0.717) is 36.8 Å². The number of para-hydroxylation sites is 1. The maximum Gasteiger partial charge on any atom is 0.277 e. The molecule has 0 saturated heterocycles. The highest BCUT2D eigenvalue weighted by molar-refractivity contribution is 6.31. The van der Waals surface area contributed by atoms with Gasteiger partial charge in [0.15, 0.2) is 33.7 Å². The minimum Gasteiger partial charge on any atom is -0.481 e. The number of ether oxygens (including phenoxy) is 2. The summed E-state index contributed by atoms with van der Waals surface area (Å²) in [7, 11) is 0. The summed E-state index contributed by atoms with van der Waals surface area (Å²) in [5.74, 6) is 0.363. The number of nitrogens with zero attached hydrogens (tertiary/aromatic N) is 4. The van der Waals surface area contributed by atoms with Gasteiger partial charge in [0.05, 0.1) is 39.6 Å². The smallest absolute Gasteiger partial charge is 0.277 e. The molecule has 2 aromatic heterocycles. The molecule has 0 saturated carbocycles. The summed E-state index contributed by atoms with van der Waals surface area (Å²) in [5, 5.41) is 30.7. The van der Waals surface area contributed by atoms with E-state index in [1.54, 1.807) is 12.1 Å². The fourth-order valence-electron chi connectivity index (χ4n) is 3.78. The summed E-state index contributed by atoms with van der Waals surface area (Å²) >= 11 is 5.92. The standard InChI is InChI=1S/C22H30ClN7O6/c1-2-29-16(10-26-22(34)17-20(24)28-21(25)19(23)27-17)30(6-8-35-9-7-31)14-4-3-5-15(18(14)29)36-13(11-32)12-33/h3-5,13,31-33H,2,6-12H2,1H3,(H4-,24,25,26,28,34)/p+1. The van der Waals surface area contributed by atoms with Crippen molar-refractivity contribution in [2.75, 3.05) is 44.5 Å². The molecule has 0 aliphatic rings. The number of aliphatic hydroxyl groups excluding tert-OH is 3. The Morgan fingerprint density at radius 1 is 1.19 bits per heavy atom. The zero-order valence-electron chi connectivity index (χ0n) is 19.9. The van der Waals surface area contributed by atoms with Gasteiger partial charge < -0.3 is 41.6 Å². The second-order valence-corrected chi connectivity index (χ2v) is 8.05. The van der Waals surface area contributed by atoms with Crippen LogP contribution in [0.15, 0.2) is 18.2 Å². The number of aromatic nitrogens is 4. The third kappa shape index (κ3) is 5.94. The Balaban J connectivity index is 2.01. The van der Waals surface area contributed by atoms with Crippen molar-refractivity contribution < 1.29 is 34.2 Å². The number of amides is 1. The molecule has 0 radical (unpaired) electrons. The SMILES string of the molecule is CC[n+]1c(CNC(=O)c2nc(Cl)c(N)nc2N)n(CCOCCO)c2cccc(OC(CO)CO)c21. The van der Waals surface area contributed by atoms with Gasteiger partial charge in [-0.2, -0.15) is 0 Å². The summed E-state index contributed by atoms with van der Waals surface area (Å²) in [4.78, 5) is 20.7. The maximum absolute atomic E-state index is 12.9. The number of aryl methyl sites for hydroxylation is 1. The molecule has 1 aromatic carbocycles. The zero-order chi connectivity index (χ0) is 26.2. The van der Waals surface area contributed by atoms with Crippen molar-refractivity contribution in [3.05, 3.63) is 34.9 Å². The number of aliphatic hydroxyl groups is 3. The molecule has 8 N–H and O–H groups in total. The Labute approximate surface area is 212 Å². The fourth-order valence-corrected chi connectivity index (χ4v) is 3.90. The first-order valence-electron chi connectivity index (χ1n) is 11.3. The number of rotatable bonds is 13. The number of carbonyl (C=O) groups excluding carboxylic acids is 1. The van der Waals surface area contributed by atoms with Crippen LogP contribution in [-0.2, 0) is 24.4 Å². The van der Waals surface area contributed by atoms with Crippen LogP contribution in [0.2, 0.25) is 5.15 Å². The summed E-state index contributed by atoms with van der Waals surface area (Å²) < 4.78 is 15.3. The van der Waals surface area contributed by atoms with E-state index < -0.39 is 12.0 Å². The average molecular weight is 525 g/mol. The van der Waals surface area contributed by atoms with Crippen molar-refractivity contribution in [3.63, 3.8) is 0 Å². The van der Waals surface area contributed by atoms with Gasteiger partial charge in [-0.25, -0.2) is 19.1 Å². The van der Waals surface area contributed by atoms with Crippen molar-refractivity contribution in [1.29, 1.82) is 0 Å². The number of carbonyl (C=O) groups is 1. The van der Waals surface area contributed by atoms with Crippen LogP contribution in [0.3, 0.4) is 0 Å². The molecule has 0 bridgehead atoms. The molecule has 1 amide bonds. The van der Waals surface area contributed by atoms with Crippen molar-refractivity contribution >= 4 is 40.2 Å². The maximum atomic E-state index is 12.9. The number of nitrogen functional groups attached to an aromatic ring is 2. The summed E-state index contributed by atoms with van der Waals surface area (Å²) in [6.45, 7) is 2.63. The van der Waals surface area contributed by atoms with E-state index in [4.69, 9.17) is 37.6 Å². The first-order valence-corrected chi connectivity index (χ1v) is 11.7. The Bertz CT molecular complexity index is 1200. The molecule has 196 valence electrons. The van der Waals surface area contributed by atoms with Gasteiger partial charge in [-0.05, 0) is 19.1 Å². The van der Waals surface area contributed by atoms with E-state index in [2.05, 4.69) is 15.3 Å². The van der Waals surface area contributed by atoms with Gasteiger partial charge in [0.25, 0.3) is 11.7 Å². The number of hydrogen-bond donors (Lipinski definition) is 6. The van der Waals surface area contributed by atoms with Crippen LogP contribution in [0, 0.1) is 0 Å². The van der Waals surface area contributed by atoms with Crippen molar-refractivity contribution in [2.24, 2.45) is 0 Å². The number of benzene rings is 1. The highest BCUT2D eigenvalue weighted by Crippen LogP contribution is 2.26. The third-order valence-corrected chi connectivity index (χ3v) is 5.68. The van der Waals surface area contributed by atoms with Gasteiger partial charge in [0.1, 0.15) is 19.2 Å². The second-order valence-electron chi connectivity index (χ2n) is 7.69. The molecule has 0 atom stereocenters. The van der Waals surface area contributed by atoms with E-state index >= 15 is 0 Å². The Kier molecular flexibility index (Phi) is 9.61. The number of nitrogens with one attached hydrogen (secondary N) is 1. The molecule has 3 rings (SSSR count). The van der Waals surface area contributed by atoms with Crippen LogP contribution in [0.5, 0.6) is 5.75 Å². The molecule has 14 heteroatoms. The van der Waals surface area contributed by atoms with Crippen LogP contribution in [0.25, 0.3) is 11.0 Å². The Morgan fingerprint density at radius 3 is 2.61 bits per heavy atom. The van der Waals surface area contributed by atoms with Gasteiger partial charge in [-0.3, -0.25) is 4.79 Å². The van der Waals surface area contributed by atoms with Crippen molar-refractivity contribution in [1.82, 2.24) is 19.9 Å². The Morgan fingerprint density at radius 2 is 1.94 bits per heavy atom. The van der Waals surface area contributed by atoms with Crippen LogP contribution in [0.4, 0.5) is 11.6 Å². The topological polar surface area (TPSA) is 195 Å². The molecular formula is C22H31ClN7O6+. The van der Waals surface area contributed by atoms with E-state index in [1.165, 1.54) is 0 Å². The zero-order valence-corrected chi connectivity index (χ0v) is 20.6. The van der Waals surface area contributed by atoms with Crippen molar-refractivity contribution in [2.45, 2.75) is 32.7 Å². The summed E-state index contributed by atoms with van der Waals surface area (Å²) in [6.07, 6.45) is -0.794. The lowest BCUT2D eigenvalue weighted by atomic mass is 10.2. The quantitative estimate of drug-likeness (QED) is 0.122. The molecule has 2 heterocycles. The minimum absolute atomic E-state index is 0.0749. The molecule has 13 nitrogen and oxygen atoms in total. The van der Waals surface area contributed by atoms with Gasteiger partial charge in [0.2, 0.25) is 5.52 Å². The Hall–Kier alpha value is -3.23. The molecular weight excluding hydrogens is 494 g/mol. The van der Waals surface area contributed by atoms with E-state index in [9.17, 15) is 15.0 Å². The molecule has 0 fully saturated rings. The van der Waals surface area contributed by atoms with Gasteiger partial charge >= 0.3 is 0 Å². The molecule has 3 aromatic rings. The second kappa shape index (κ2) is 12.6. The lowest BCUT2D eigenvalue weighted by Crippen LogP contribution is -2.41. The first kappa shape index (κ1) is 27.4. The summed E-state index contributed by atoms with van der Waals surface area (Å²) in [6, 6.07) is 5.43. The van der Waals surface area contributed by atoms with Crippen LogP contribution >= 0.6 is 11.6 Å². The highest BCUT2D eigenvalue weighted by atomic mass is 35.5. The molecule has 0 spiro atoms. The number of imidazole rings is 1. The fraction of sp³-hybridized carbons (Fsp3) is 0.455. The highest BCUT2D eigenvalue weighted by Gasteiger charge is 2.29. The molecule has 0 aliphatic carbocycles. The lowest BCUT2D eigenvalue weighted by Gasteiger charge is -2.14. The van der Waals surface area contributed by atoms with E-state index in [1.807, 2.05) is 22.1 Å². The normalized spacial score (nSPS) is 11.4. The number of fused-ring (bicyclic) bond motifs is 1. The molecule has 0 aliphatic heterocycles. The third-order valence-electron chi connectivity index (χ3n) is 5.40. The largest absolute Gasteiger partial charge is 0.481 e. The molecule has 0 unspecified atom stereocenters. The van der Waals surface area contributed by atoms with E-state index in [-0.39, 0.29) is 55.5 Å². The van der Waals surface area contributed by atoms with Crippen LogP contribution in [0.1, 0.15) is 23.2 Å². The van der Waals surface area contributed by atoms with E-state index in [0.717, 1.165) is 5.52 Å². The monoisotopic (exact) mass is 524 g/mol. The van der Waals surface area contributed by atoms with Gasteiger partial charge in [0, 0.05) is 0 Å². The number of halogens is 1. The van der Waals surface area contributed by atoms with Crippen LogP contribution < -0.4 is 26.1 Å². The predicted octanol–water partition coefficient (Wildman–Crippen LogP) is -0.773. The van der Waals surface area contributed by atoms with Gasteiger partial charge in [-0.1, -0.05) is 17.7 Å². The van der Waals surface area contributed by atoms with Crippen LogP contribution in [-0.4, -0.2) is 74.9 Å². The number of nitrogens with two attached hydrogens (primary N) is 2. The number of anilines is 2. The number of hydrogen-bond acceptors (Lipinski definition) is 10. The van der Waals surface area contributed by atoms with Gasteiger partial charge in [-0.15, -0.1) is 0 Å². The first-order chi connectivity index (χ1) is 17.4. The molecule has 36 heavy (non-hydrogen) atoms. The predicted molar refractivity (Wildman–Crippen MR) is 131 cm³/mol. The average Bonchev–Trinajstić information content (AvgIpc) is 3.18. The minimum atomic E-state index is -0.794. The van der Waals surface area contributed by atoms with Crippen molar-refractivity contribution in [3.8, 4) is 5.75 Å². The summed E-state index contributed by atoms with van der Waals surface area (Å²) in [5.41, 5.74) is 12.8.